The maximum Gasteiger partial charge on any atom is 0.226 e. The van der Waals surface area contributed by atoms with Gasteiger partial charge < -0.3 is 4.42 Å². The van der Waals surface area contributed by atoms with E-state index in [0.29, 0.717) is 19.0 Å². The van der Waals surface area contributed by atoms with E-state index >= 15 is 0 Å². The summed E-state index contributed by atoms with van der Waals surface area (Å²) >= 11 is 0. The minimum atomic E-state index is -2.88. The van der Waals surface area contributed by atoms with E-state index in [9.17, 15) is 8.42 Å². The molecule has 1 saturated heterocycles. The summed E-state index contributed by atoms with van der Waals surface area (Å²) < 4.78 is 28.7. The molecule has 1 aliphatic rings. The van der Waals surface area contributed by atoms with Crippen molar-refractivity contribution in [3.63, 3.8) is 0 Å². The van der Waals surface area contributed by atoms with Crippen LogP contribution in [0.15, 0.2) is 41.0 Å². The smallest absolute Gasteiger partial charge is 0.226 e. The SMILES string of the molecule is C[C@@H]1CS(=O)(=O)CCN1Cc1coc(-c2ccccc2)n1. The Balaban J connectivity index is 1.71. The number of oxazole rings is 1. The monoisotopic (exact) mass is 306 g/mol. The molecule has 1 atom stereocenters. The molecule has 21 heavy (non-hydrogen) atoms. The molecule has 5 nitrogen and oxygen atoms in total. The van der Waals surface area contributed by atoms with Crippen molar-refractivity contribution >= 4 is 9.84 Å². The Labute approximate surface area is 124 Å². The molecule has 2 heterocycles. The lowest BCUT2D eigenvalue weighted by Gasteiger charge is -2.32. The number of sulfone groups is 1. The molecule has 1 aromatic carbocycles. The third-order valence-corrected chi connectivity index (χ3v) is 5.54. The van der Waals surface area contributed by atoms with Crippen molar-refractivity contribution in [1.29, 1.82) is 0 Å². The predicted molar refractivity (Wildman–Crippen MR) is 80.5 cm³/mol. The summed E-state index contributed by atoms with van der Waals surface area (Å²) in [7, 11) is -2.88. The topological polar surface area (TPSA) is 63.4 Å². The van der Waals surface area contributed by atoms with Gasteiger partial charge in [-0.2, -0.15) is 0 Å². The van der Waals surface area contributed by atoms with E-state index in [4.69, 9.17) is 4.42 Å². The molecule has 0 N–H and O–H groups in total. The summed E-state index contributed by atoms with van der Waals surface area (Å²) in [5.41, 5.74) is 1.78. The molecule has 1 aromatic heterocycles. The average molecular weight is 306 g/mol. The van der Waals surface area contributed by atoms with Crippen LogP contribution in [0.1, 0.15) is 12.6 Å². The molecule has 0 spiro atoms. The molecule has 0 saturated carbocycles. The fourth-order valence-electron chi connectivity index (χ4n) is 2.57. The summed E-state index contributed by atoms with van der Waals surface area (Å²) in [6, 6.07) is 9.74. The number of hydrogen-bond donors (Lipinski definition) is 0. The first-order chi connectivity index (χ1) is 10.0. The van der Waals surface area contributed by atoms with E-state index in [1.807, 2.05) is 37.3 Å². The van der Waals surface area contributed by atoms with Gasteiger partial charge in [0.25, 0.3) is 0 Å². The Kier molecular flexibility index (Phi) is 3.82. The summed E-state index contributed by atoms with van der Waals surface area (Å²) in [5, 5.41) is 0. The van der Waals surface area contributed by atoms with E-state index in [1.54, 1.807) is 6.26 Å². The van der Waals surface area contributed by atoms with Crippen molar-refractivity contribution in [2.75, 3.05) is 18.1 Å². The van der Waals surface area contributed by atoms with Crippen LogP contribution < -0.4 is 0 Å². The number of hydrogen-bond acceptors (Lipinski definition) is 5. The zero-order chi connectivity index (χ0) is 14.9. The highest BCUT2D eigenvalue weighted by Crippen LogP contribution is 2.20. The van der Waals surface area contributed by atoms with Crippen LogP contribution in [0.5, 0.6) is 0 Å². The van der Waals surface area contributed by atoms with Crippen LogP contribution in [0.3, 0.4) is 0 Å². The van der Waals surface area contributed by atoms with E-state index in [0.717, 1.165) is 11.3 Å². The van der Waals surface area contributed by atoms with Gasteiger partial charge in [0.2, 0.25) is 5.89 Å². The predicted octanol–water partition coefficient (Wildman–Crippen LogP) is 1.96. The number of rotatable bonds is 3. The van der Waals surface area contributed by atoms with Crippen LogP contribution in [0.2, 0.25) is 0 Å². The Morgan fingerprint density at radius 3 is 2.81 bits per heavy atom. The fraction of sp³-hybridized carbons (Fsp3) is 0.400. The second-order valence-corrected chi connectivity index (χ2v) is 7.67. The number of benzene rings is 1. The van der Waals surface area contributed by atoms with Gasteiger partial charge in [0.15, 0.2) is 9.84 Å². The molecule has 6 heteroatoms. The van der Waals surface area contributed by atoms with Gasteiger partial charge in [-0.25, -0.2) is 13.4 Å². The van der Waals surface area contributed by atoms with Gasteiger partial charge in [0, 0.05) is 24.7 Å². The van der Waals surface area contributed by atoms with Gasteiger partial charge in [-0.05, 0) is 19.1 Å². The second kappa shape index (κ2) is 5.61. The normalized spacial score (nSPS) is 22.2. The molecular weight excluding hydrogens is 288 g/mol. The lowest BCUT2D eigenvalue weighted by atomic mass is 10.2. The van der Waals surface area contributed by atoms with Gasteiger partial charge in [-0.1, -0.05) is 18.2 Å². The van der Waals surface area contributed by atoms with Crippen molar-refractivity contribution in [3.05, 3.63) is 42.3 Å². The Bertz CT molecular complexity index is 710. The second-order valence-electron chi connectivity index (χ2n) is 5.44. The van der Waals surface area contributed by atoms with Gasteiger partial charge in [0.1, 0.15) is 6.26 Å². The molecule has 2 aromatic rings. The lowest BCUT2D eigenvalue weighted by molar-refractivity contribution is 0.215. The van der Waals surface area contributed by atoms with Crippen LogP contribution in [-0.4, -0.2) is 42.4 Å². The van der Waals surface area contributed by atoms with Crippen LogP contribution >= 0.6 is 0 Å². The van der Waals surface area contributed by atoms with Gasteiger partial charge in [-0.15, -0.1) is 0 Å². The van der Waals surface area contributed by atoms with Crippen LogP contribution in [0.4, 0.5) is 0 Å². The molecule has 112 valence electrons. The minimum absolute atomic E-state index is 0.0145. The average Bonchev–Trinajstić information content (AvgIpc) is 2.91. The largest absolute Gasteiger partial charge is 0.444 e. The van der Waals surface area contributed by atoms with E-state index in [1.165, 1.54) is 0 Å². The van der Waals surface area contributed by atoms with Gasteiger partial charge in [0.05, 0.1) is 17.2 Å². The van der Waals surface area contributed by atoms with Gasteiger partial charge >= 0.3 is 0 Å². The molecule has 0 unspecified atom stereocenters. The third kappa shape index (κ3) is 3.33. The van der Waals surface area contributed by atoms with E-state index in [-0.39, 0.29) is 17.5 Å². The first-order valence-corrected chi connectivity index (χ1v) is 8.80. The van der Waals surface area contributed by atoms with Crippen molar-refractivity contribution < 1.29 is 12.8 Å². The molecule has 1 fully saturated rings. The highest BCUT2D eigenvalue weighted by Gasteiger charge is 2.28. The van der Waals surface area contributed by atoms with E-state index in [2.05, 4.69) is 9.88 Å². The maximum absolute atomic E-state index is 11.6. The lowest BCUT2D eigenvalue weighted by Crippen LogP contribution is -2.46. The van der Waals surface area contributed by atoms with Crippen molar-refractivity contribution in [2.45, 2.75) is 19.5 Å². The van der Waals surface area contributed by atoms with Crippen LogP contribution in [0, 0.1) is 0 Å². The fourth-order valence-corrected chi connectivity index (χ4v) is 4.19. The van der Waals surface area contributed by atoms with Gasteiger partial charge in [-0.3, -0.25) is 4.90 Å². The zero-order valence-corrected chi connectivity index (χ0v) is 12.7. The van der Waals surface area contributed by atoms with Crippen LogP contribution in [0.25, 0.3) is 11.5 Å². The Morgan fingerprint density at radius 2 is 2.10 bits per heavy atom. The summed E-state index contributed by atoms with van der Waals surface area (Å²) in [5.74, 6) is 1.04. The summed E-state index contributed by atoms with van der Waals surface area (Å²) in [4.78, 5) is 6.62. The first kappa shape index (κ1) is 14.3. The standard InChI is InChI=1S/C15H18N2O3S/c1-12-11-21(18,19)8-7-17(12)9-14-10-20-15(16-14)13-5-3-2-4-6-13/h2-6,10,12H,7-9,11H2,1H3/t12-/m1/s1. The highest BCUT2D eigenvalue weighted by molar-refractivity contribution is 7.91. The molecular formula is C15H18N2O3S. The minimum Gasteiger partial charge on any atom is -0.444 e. The molecule has 0 bridgehead atoms. The summed E-state index contributed by atoms with van der Waals surface area (Å²) in [6.07, 6.45) is 1.65. The molecule has 1 aliphatic heterocycles. The van der Waals surface area contributed by atoms with Crippen LogP contribution in [-0.2, 0) is 16.4 Å². The first-order valence-electron chi connectivity index (χ1n) is 6.98. The molecule has 0 radical (unpaired) electrons. The maximum atomic E-state index is 11.6. The Morgan fingerprint density at radius 1 is 1.33 bits per heavy atom. The van der Waals surface area contributed by atoms with Crippen molar-refractivity contribution in [2.24, 2.45) is 0 Å². The highest BCUT2D eigenvalue weighted by atomic mass is 32.2. The zero-order valence-electron chi connectivity index (χ0n) is 11.9. The molecule has 0 amide bonds. The van der Waals surface area contributed by atoms with Crippen molar-refractivity contribution in [3.8, 4) is 11.5 Å². The van der Waals surface area contributed by atoms with E-state index < -0.39 is 9.84 Å². The molecule has 0 aliphatic carbocycles. The Hall–Kier alpha value is -1.66. The third-order valence-electron chi connectivity index (χ3n) is 3.75. The quantitative estimate of drug-likeness (QED) is 0.867. The van der Waals surface area contributed by atoms with Crippen molar-refractivity contribution in [1.82, 2.24) is 9.88 Å². The number of nitrogens with zero attached hydrogens (tertiary/aromatic N) is 2. The summed E-state index contributed by atoms with van der Waals surface area (Å²) in [6.45, 7) is 3.11. The number of aromatic nitrogens is 1. The molecule has 3 rings (SSSR count).